The van der Waals surface area contributed by atoms with E-state index in [0.717, 1.165) is 12.1 Å². The summed E-state index contributed by atoms with van der Waals surface area (Å²) in [5, 5.41) is 2.80. The minimum atomic E-state index is -0.970. The second kappa shape index (κ2) is 5.34. The molecule has 0 radical (unpaired) electrons. The first-order valence-electron chi connectivity index (χ1n) is 4.58. The van der Waals surface area contributed by atoms with Crippen LogP contribution in [0.15, 0.2) is 22.7 Å². The molecule has 2 rings (SSSR count). The van der Waals surface area contributed by atoms with Gasteiger partial charge in [-0.05, 0) is 39.7 Å². The van der Waals surface area contributed by atoms with Gasteiger partial charge in [-0.15, -0.1) is 0 Å². The van der Waals surface area contributed by atoms with E-state index < -0.39 is 11.6 Å². The number of rotatable bonds is 2. The molecule has 0 bridgehead atoms. The Bertz CT molecular complexity index is 610. The van der Waals surface area contributed by atoms with Crippen molar-refractivity contribution in [3.8, 4) is 0 Å². The van der Waals surface area contributed by atoms with E-state index in [1.54, 1.807) is 0 Å². The first kappa shape index (κ1) is 13.5. The molecule has 0 aliphatic carbocycles. The minimum absolute atomic E-state index is 0.0618. The SMILES string of the molecule is Fc1ccc(Nc2nc(Cl)nc(Cl)c2Br)cc1F. The second-order valence-corrected chi connectivity index (χ2v) is 4.69. The molecule has 0 atom stereocenters. The normalized spacial score (nSPS) is 10.5. The summed E-state index contributed by atoms with van der Waals surface area (Å²) >= 11 is 14.6. The molecule has 1 aromatic heterocycles. The molecule has 94 valence electrons. The molecule has 0 spiro atoms. The van der Waals surface area contributed by atoms with Gasteiger partial charge in [0, 0.05) is 11.8 Å². The summed E-state index contributed by atoms with van der Waals surface area (Å²) in [6.45, 7) is 0. The van der Waals surface area contributed by atoms with E-state index in [1.807, 2.05) is 0 Å². The molecule has 1 aromatic carbocycles. The highest BCUT2D eigenvalue weighted by atomic mass is 79.9. The first-order valence-corrected chi connectivity index (χ1v) is 6.13. The maximum Gasteiger partial charge on any atom is 0.225 e. The maximum absolute atomic E-state index is 13.0. The lowest BCUT2D eigenvalue weighted by atomic mass is 10.3. The molecule has 18 heavy (non-hydrogen) atoms. The quantitative estimate of drug-likeness (QED) is 0.634. The van der Waals surface area contributed by atoms with Crippen molar-refractivity contribution in [3.05, 3.63) is 44.7 Å². The molecule has 0 saturated carbocycles. The Morgan fingerprint density at radius 2 is 1.83 bits per heavy atom. The molecule has 0 fully saturated rings. The zero-order chi connectivity index (χ0) is 13.3. The Hall–Kier alpha value is -0.980. The number of hydrogen-bond acceptors (Lipinski definition) is 3. The topological polar surface area (TPSA) is 37.8 Å². The van der Waals surface area contributed by atoms with E-state index in [4.69, 9.17) is 23.2 Å². The maximum atomic E-state index is 13.0. The summed E-state index contributed by atoms with van der Waals surface area (Å²) in [5.41, 5.74) is 0.306. The van der Waals surface area contributed by atoms with Gasteiger partial charge in [0.1, 0.15) is 5.15 Å². The summed E-state index contributed by atoms with van der Waals surface area (Å²) in [6, 6.07) is 3.34. The van der Waals surface area contributed by atoms with E-state index in [0.29, 0.717) is 10.2 Å². The van der Waals surface area contributed by atoms with E-state index in [-0.39, 0.29) is 16.3 Å². The molecule has 1 N–H and O–H groups in total. The fourth-order valence-electron chi connectivity index (χ4n) is 1.19. The van der Waals surface area contributed by atoms with Crippen molar-refractivity contribution in [2.24, 2.45) is 0 Å². The average molecular weight is 355 g/mol. The molecule has 2 aromatic rings. The number of benzene rings is 1. The summed E-state index contributed by atoms with van der Waals surface area (Å²) in [5.74, 6) is -1.65. The van der Waals surface area contributed by atoms with Crippen LogP contribution in [-0.2, 0) is 0 Å². The summed E-state index contributed by atoms with van der Waals surface area (Å²) in [6.07, 6.45) is 0. The minimum Gasteiger partial charge on any atom is -0.339 e. The Morgan fingerprint density at radius 3 is 2.50 bits per heavy atom. The van der Waals surface area contributed by atoms with E-state index in [9.17, 15) is 8.78 Å². The number of aromatic nitrogens is 2. The third-order valence-corrected chi connectivity index (χ3v) is 3.39. The Labute approximate surface area is 119 Å². The van der Waals surface area contributed by atoms with Crippen LogP contribution in [0.1, 0.15) is 0 Å². The number of anilines is 2. The highest BCUT2D eigenvalue weighted by Crippen LogP contribution is 2.30. The van der Waals surface area contributed by atoms with Crippen LogP contribution in [-0.4, -0.2) is 9.97 Å². The van der Waals surface area contributed by atoms with Crippen molar-refractivity contribution in [1.29, 1.82) is 0 Å². The summed E-state index contributed by atoms with van der Waals surface area (Å²) in [7, 11) is 0. The molecule has 0 aliphatic rings. The monoisotopic (exact) mass is 353 g/mol. The zero-order valence-electron chi connectivity index (χ0n) is 8.52. The van der Waals surface area contributed by atoms with Gasteiger partial charge in [-0.3, -0.25) is 0 Å². The Kier molecular flexibility index (Phi) is 3.99. The van der Waals surface area contributed by atoms with Gasteiger partial charge < -0.3 is 5.32 Å². The van der Waals surface area contributed by atoms with Crippen molar-refractivity contribution in [3.63, 3.8) is 0 Å². The van der Waals surface area contributed by atoms with Crippen LogP contribution in [0, 0.1) is 11.6 Å². The van der Waals surface area contributed by atoms with Crippen molar-refractivity contribution in [1.82, 2.24) is 9.97 Å². The molecule has 1 heterocycles. The van der Waals surface area contributed by atoms with Gasteiger partial charge in [0.05, 0.1) is 4.47 Å². The molecule has 3 nitrogen and oxygen atoms in total. The van der Waals surface area contributed by atoms with Gasteiger partial charge in [0.15, 0.2) is 17.5 Å². The Morgan fingerprint density at radius 1 is 1.11 bits per heavy atom. The van der Waals surface area contributed by atoms with Crippen LogP contribution >= 0.6 is 39.1 Å². The zero-order valence-corrected chi connectivity index (χ0v) is 11.6. The lowest BCUT2D eigenvalue weighted by Gasteiger charge is -2.08. The van der Waals surface area contributed by atoms with Gasteiger partial charge in [-0.2, -0.15) is 4.98 Å². The molecule has 8 heteroatoms. The van der Waals surface area contributed by atoms with Crippen LogP contribution in [0.2, 0.25) is 10.4 Å². The van der Waals surface area contributed by atoms with Crippen LogP contribution in [0.3, 0.4) is 0 Å². The number of hydrogen-bond donors (Lipinski definition) is 1. The predicted molar refractivity (Wildman–Crippen MR) is 69.4 cm³/mol. The average Bonchev–Trinajstić information content (AvgIpc) is 2.30. The number of halogens is 5. The van der Waals surface area contributed by atoms with Crippen LogP contribution in [0.4, 0.5) is 20.3 Å². The number of nitrogens with one attached hydrogen (secondary N) is 1. The van der Waals surface area contributed by atoms with Crippen molar-refractivity contribution < 1.29 is 8.78 Å². The molecule has 0 unspecified atom stereocenters. The molecular weight excluding hydrogens is 351 g/mol. The summed E-state index contributed by atoms with van der Waals surface area (Å²) in [4.78, 5) is 7.58. The largest absolute Gasteiger partial charge is 0.339 e. The van der Waals surface area contributed by atoms with Gasteiger partial charge in [0.2, 0.25) is 5.28 Å². The highest BCUT2D eigenvalue weighted by Gasteiger charge is 2.11. The first-order chi connectivity index (χ1) is 8.47. The predicted octanol–water partition coefficient (Wildman–Crippen LogP) is 4.57. The van der Waals surface area contributed by atoms with E-state index in [1.165, 1.54) is 6.07 Å². The van der Waals surface area contributed by atoms with Gasteiger partial charge in [-0.1, -0.05) is 11.6 Å². The standard InChI is InChI=1S/C10H4BrCl2F2N3/c11-7-8(12)17-10(13)18-9(7)16-4-1-2-5(14)6(15)3-4/h1-3H,(H,16,17,18). The lowest BCUT2D eigenvalue weighted by molar-refractivity contribution is 0.509. The Balaban J connectivity index is 2.36. The second-order valence-electron chi connectivity index (χ2n) is 3.20. The lowest BCUT2D eigenvalue weighted by Crippen LogP contribution is -1.98. The third kappa shape index (κ3) is 2.88. The van der Waals surface area contributed by atoms with Gasteiger partial charge >= 0.3 is 0 Å². The molecule has 0 amide bonds. The summed E-state index contributed by atoms with van der Waals surface area (Å²) < 4.78 is 26.2. The van der Waals surface area contributed by atoms with Crippen molar-refractivity contribution in [2.75, 3.05) is 5.32 Å². The smallest absolute Gasteiger partial charge is 0.225 e. The van der Waals surface area contributed by atoms with Crippen molar-refractivity contribution in [2.45, 2.75) is 0 Å². The van der Waals surface area contributed by atoms with Crippen LogP contribution in [0.5, 0.6) is 0 Å². The van der Waals surface area contributed by atoms with E-state index in [2.05, 4.69) is 31.2 Å². The molecular formula is C10H4BrCl2F2N3. The van der Waals surface area contributed by atoms with Crippen LogP contribution in [0.25, 0.3) is 0 Å². The highest BCUT2D eigenvalue weighted by molar-refractivity contribution is 9.10. The van der Waals surface area contributed by atoms with Crippen LogP contribution < -0.4 is 5.32 Å². The molecule has 0 saturated heterocycles. The van der Waals surface area contributed by atoms with Gasteiger partial charge in [-0.25, -0.2) is 13.8 Å². The number of nitrogens with zero attached hydrogens (tertiary/aromatic N) is 2. The van der Waals surface area contributed by atoms with Gasteiger partial charge in [0.25, 0.3) is 0 Å². The van der Waals surface area contributed by atoms with Crippen molar-refractivity contribution >= 4 is 50.6 Å². The fraction of sp³-hybridized carbons (Fsp3) is 0. The third-order valence-electron chi connectivity index (χ3n) is 1.97. The van der Waals surface area contributed by atoms with E-state index >= 15 is 0 Å². The molecule has 0 aliphatic heterocycles. The fourth-order valence-corrected chi connectivity index (χ4v) is 1.85.